The number of amides is 1. The second-order valence-electron chi connectivity index (χ2n) is 5.99. The number of hydrogen-bond acceptors (Lipinski definition) is 3. The van der Waals surface area contributed by atoms with Gasteiger partial charge in [-0.2, -0.15) is 5.10 Å². The molecule has 1 N–H and O–H groups in total. The summed E-state index contributed by atoms with van der Waals surface area (Å²) >= 11 is 0. The van der Waals surface area contributed by atoms with Crippen molar-refractivity contribution in [2.24, 2.45) is 11.0 Å². The molecule has 2 unspecified atom stereocenters. The van der Waals surface area contributed by atoms with Gasteiger partial charge in [0, 0.05) is 5.92 Å². The van der Waals surface area contributed by atoms with E-state index in [1.54, 1.807) is 0 Å². The van der Waals surface area contributed by atoms with Crippen molar-refractivity contribution in [1.29, 1.82) is 0 Å². The highest BCUT2D eigenvalue weighted by Crippen LogP contribution is 2.47. The number of nitrogens with zero attached hydrogens (tertiary/aromatic N) is 1. The summed E-state index contributed by atoms with van der Waals surface area (Å²) in [6.45, 7) is 4.49. The molecule has 24 heavy (non-hydrogen) atoms. The van der Waals surface area contributed by atoms with Gasteiger partial charge in [0.2, 0.25) is 5.91 Å². The first kappa shape index (κ1) is 16.2. The average molecular weight is 322 g/mol. The van der Waals surface area contributed by atoms with Gasteiger partial charge in [0.15, 0.2) is 0 Å². The number of ether oxygens (including phenoxy) is 1. The number of carbonyl (C=O) groups excluding carboxylic acids is 1. The Hall–Kier alpha value is -2.62. The van der Waals surface area contributed by atoms with E-state index in [1.807, 2.05) is 56.3 Å². The smallest absolute Gasteiger partial charge is 0.243 e. The van der Waals surface area contributed by atoms with Crippen molar-refractivity contribution in [2.75, 3.05) is 6.61 Å². The Balaban J connectivity index is 1.56. The molecule has 124 valence electrons. The monoisotopic (exact) mass is 322 g/mol. The number of rotatable bonds is 6. The van der Waals surface area contributed by atoms with Crippen LogP contribution in [0.3, 0.4) is 0 Å². The minimum absolute atomic E-state index is 0.00543. The van der Waals surface area contributed by atoms with Gasteiger partial charge >= 0.3 is 0 Å². The molecule has 1 amide bonds. The number of hydrazone groups is 1. The molecule has 2 aromatic carbocycles. The Morgan fingerprint density at radius 1 is 1.17 bits per heavy atom. The maximum Gasteiger partial charge on any atom is 0.243 e. The maximum atomic E-state index is 12.2. The highest BCUT2D eigenvalue weighted by atomic mass is 16.5. The molecule has 0 aliphatic heterocycles. The van der Waals surface area contributed by atoms with Crippen molar-refractivity contribution < 1.29 is 9.53 Å². The van der Waals surface area contributed by atoms with Crippen LogP contribution >= 0.6 is 0 Å². The molecular formula is C20H22N2O2. The van der Waals surface area contributed by atoms with E-state index in [4.69, 9.17) is 4.74 Å². The van der Waals surface area contributed by atoms with Gasteiger partial charge in [-0.25, -0.2) is 5.43 Å². The zero-order chi connectivity index (χ0) is 16.9. The lowest BCUT2D eigenvalue weighted by atomic mass is 10.1. The third-order valence-corrected chi connectivity index (χ3v) is 4.27. The molecule has 4 nitrogen and oxygen atoms in total. The summed E-state index contributed by atoms with van der Waals surface area (Å²) in [6.07, 6.45) is 0.896. The Labute approximate surface area is 142 Å². The van der Waals surface area contributed by atoms with Crippen LogP contribution in [0.4, 0.5) is 0 Å². The predicted molar refractivity (Wildman–Crippen MR) is 95.3 cm³/mol. The molecule has 0 radical (unpaired) electrons. The van der Waals surface area contributed by atoms with Crippen LogP contribution in [-0.2, 0) is 4.79 Å². The molecule has 0 aromatic heterocycles. The van der Waals surface area contributed by atoms with Gasteiger partial charge in [-0.1, -0.05) is 30.3 Å². The minimum Gasteiger partial charge on any atom is -0.494 e. The lowest BCUT2D eigenvalue weighted by molar-refractivity contribution is -0.122. The molecule has 3 rings (SSSR count). The first-order chi connectivity index (χ1) is 11.7. The molecule has 0 saturated heterocycles. The number of carbonyl (C=O) groups is 1. The van der Waals surface area contributed by atoms with Crippen LogP contribution in [0.2, 0.25) is 0 Å². The molecule has 2 aromatic rings. The molecule has 4 heteroatoms. The molecule has 0 spiro atoms. The number of hydrogen-bond donors (Lipinski definition) is 1. The third kappa shape index (κ3) is 3.82. The zero-order valence-electron chi connectivity index (χ0n) is 14.0. The standard InChI is InChI=1S/C20H22N2O2/c1-3-24-17-11-9-15(10-12-17)14(2)21-22-20(23)19-13-18(19)16-7-5-4-6-8-16/h4-12,18-19H,3,13H2,1-2H3,(H,22,23)/b21-14+. The third-order valence-electron chi connectivity index (χ3n) is 4.27. The van der Waals surface area contributed by atoms with Crippen molar-refractivity contribution in [3.05, 3.63) is 65.7 Å². The summed E-state index contributed by atoms with van der Waals surface area (Å²) in [6, 6.07) is 17.9. The largest absolute Gasteiger partial charge is 0.494 e. The highest BCUT2D eigenvalue weighted by Gasteiger charge is 2.43. The summed E-state index contributed by atoms with van der Waals surface area (Å²) in [4.78, 5) is 12.2. The van der Waals surface area contributed by atoms with Crippen molar-refractivity contribution in [3.8, 4) is 5.75 Å². The van der Waals surface area contributed by atoms with E-state index in [9.17, 15) is 4.79 Å². The van der Waals surface area contributed by atoms with Gasteiger partial charge in [0.25, 0.3) is 0 Å². The Morgan fingerprint density at radius 2 is 1.88 bits per heavy atom. The highest BCUT2D eigenvalue weighted by molar-refractivity contribution is 5.99. The lowest BCUT2D eigenvalue weighted by Crippen LogP contribution is -2.21. The van der Waals surface area contributed by atoms with Crippen LogP contribution < -0.4 is 10.2 Å². The molecule has 1 fully saturated rings. The van der Waals surface area contributed by atoms with Gasteiger partial charge in [-0.05, 0) is 61.6 Å². The minimum atomic E-state index is -0.00543. The van der Waals surface area contributed by atoms with Crippen LogP contribution in [0.1, 0.15) is 37.3 Å². The fraction of sp³-hybridized carbons (Fsp3) is 0.300. The van der Waals surface area contributed by atoms with Crippen LogP contribution in [0, 0.1) is 5.92 Å². The van der Waals surface area contributed by atoms with Crippen LogP contribution in [0.5, 0.6) is 5.75 Å². The fourth-order valence-electron chi connectivity index (χ4n) is 2.80. The molecule has 2 atom stereocenters. The normalized spacial score (nSPS) is 19.7. The first-order valence-electron chi connectivity index (χ1n) is 8.31. The van der Waals surface area contributed by atoms with E-state index >= 15 is 0 Å². The second kappa shape index (κ2) is 7.30. The van der Waals surface area contributed by atoms with Gasteiger partial charge in [-0.15, -0.1) is 0 Å². The van der Waals surface area contributed by atoms with E-state index in [0.717, 1.165) is 23.4 Å². The summed E-state index contributed by atoms with van der Waals surface area (Å²) in [5.74, 6) is 1.19. The summed E-state index contributed by atoms with van der Waals surface area (Å²) in [5, 5.41) is 4.24. The molecule has 0 bridgehead atoms. The van der Waals surface area contributed by atoms with Crippen molar-refractivity contribution in [3.63, 3.8) is 0 Å². The molecule has 1 aliphatic rings. The Bertz CT molecular complexity index is 723. The maximum absolute atomic E-state index is 12.2. The summed E-state index contributed by atoms with van der Waals surface area (Å²) in [5.41, 5.74) is 5.67. The number of benzene rings is 2. The first-order valence-corrected chi connectivity index (χ1v) is 8.31. The van der Waals surface area contributed by atoms with E-state index in [1.165, 1.54) is 5.56 Å². The van der Waals surface area contributed by atoms with Crippen molar-refractivity contribution in [2.45, 2.75) is 26.2 Å². The Morgan fingerprint density at radius 3 is 2.54 bits per heavy atom. The Kier molecular flexibility index (Phi) is 4.94. The van der Waals surface area contributed by atoms with Gasteiger partial charge in [0.1, 0.15) is 5.75 Å². The lowest BCUT2D eigenvalue weighted by Gasteiger charge is -2.05. The molecule has 1 saturated carbocycles. The average Bonchev–Trinajstić information content (AvgIpc) is 3.42. The summed E-state index contributed by atoms with van der Waals surface area (Å²) < 4.78 is 5.42. The van der Waals surface area contributed by atoms with Crippen molar-refractivity contribution in [1.82, 2.24) is 5.43 Å². The van der Waals surface area contributed by atoms with E-state index in [2.05, 4.69) is 22.7 Å². The zero-order valence-corrected chi connectivity index (χ0v) is 14.0. The van der Waals surface area contributed by atoms with E-state index in [0.29, 0.717) is 12.5 Å². The predicted octanol–water partition coefficient (Wildman–Crippen LogP) is 3.73. The van der Waals surface area contributed by atoms with Gasteiger partial charge in [0.05, 0.1) is 12.3 Å². The quantitative estimate of drug-likeness (QED) is 0.651. The van der Waals surface area contributed by atoms with Crippen LogP contribution in [0.25, 0.3) is 0 Å². The molecule has 1 aliphatic carbocycles. The van der Waals surface area contributed by atoms with E-state index in [-0.39, 0.29) is 11.8 Å². The summed E-state index contributed by atoms with van der Waals surface area (Å²) in [7, 11) is 0. The fourth-order valence-corrected chi connectivity index (χ4v) is 2.80. The van der Waals surface area contributed by atoms with Crippen LogP contribution in [-0.4, -0.2) is 18.2 Å². The number of nitrogens with one attached hydrogen (secondary N) is 1. The second-order valence-corrected chi connectivity index (χ2v) is 5.99. The SMILES string of the molecule is CCOc1ccc(/C(C)=N/NC(=O)C2CC2c2ccccc2)cc1. The molecule has 0 heterocycles. The van der Waals surface area contributed by atoms with Gasteiger partial charge < -0.3 is 4.74 Å². The van der Waals surface area contributed by atoms with Crippen molar-refractivity contribution >= 4 is 11.6 Å². The molecular weight excluding hydrogens is 300 g/mol. The van der Waals surface area contributed by atoms with Crippen LogP contribution in [0.15, 0.2) is 59.7 Å². The van der Waals surface area contributed by atoms with E-state index < -0.39 is 0 Å². The van der Waals surface area contributed by atoms with Gasteiger partial charge in [-0.3, -0.25) is 4.79 Å². The topological polar surface area (TPSA) is 50.7 Å².